The van der Waals surface area contributed by atoms with Gasteiger partial charge in [0, 0.05) is 7.05 Å². The third-order valence-corrected chi connectivity index (χ3v) is 6.68. The molecular weight excluding hydrogens is 412 g/mol. The van der Waals surface area contributed by atoms with Crippen molar-refractivity contribution in [3.63, 3.8) is 0 Å². The van der Waals surface area contributed by atoms with E-state index in [-0.39, 0.29) is 17.4 Å². The number of hydrogen-bond acceptors (Lipinski definition) is 4. The number of carbonyl (C=O) groups excluding carboxylic acids is 1. The minimum atomic E-state index is -3.79. The molecule has 7 heteroatoms. The van der Waals surface area contributed by atoms with Gasteiger partial charge in [0.25, 0.3) is 0 Å². The molecule has 0 aliphatic heterocycles. The van der Waals surface area contributed by atoms with E-state index in [9.17, 15) is 13.2 Å². The van der Waals surface area contributed by atoms with Gasteiger partial charge < -0.3 is 10.1 Å². The van der Waals surface area contributed by atoms with Crippen molar-refractivity contribution in [2.45, 2.75) is 45.2 Å². The lowest BCUT2D eigenvalue weighted by Gasteiger charge is -2.19. The Kier molecular flexibility index (Phi) is 8.98. The van der Waals surface area contributed by atoms with Crippen molar-refractivity contribution in [3.05, 3.63) is 76.9 Å². The highest BCUT2D eigenvalue weighted by molar-refractivity contribution is 7.89. The Balaban J connectivity index is 2.22. The van der Waals surface area contributed by atoms with Gasteiger partial charge in [0.2, 0.25) is 15.9 Å². The van der Waals surface area contributed by atoms with E-state index in [1.165, 1.54) is 0 Å². The van der Waals surface area contributed by atoms with Crippen molar-refractivity contribution in [1.82, 2.24) is 10.0 Å². The standard InChI is InChI=1S/C24H32N2O4S/c1-17-13-19(3)23(20(4)14-17)31(28,29)26-22(12-11-18(2)24(27)25-5)16-30-15-21-9-7-6-8-10-21/h6-14,18,22,26H,15-16H2,1-5H3,(H,25,27)/b12-11+/t18-,22+/m1/s1. The Labute approximate surface area is 185 Å². The first kappa shape index (κ1) is 24.8. The maximum absolute atomic E-state index is 13.2. The number of ether oxygens (including phenoxy) is 1. The molecule has 0 bridgehead atoms. The summed E-state index contributed by atoms with van der Waals surface area (Å²) in [5.74, 6) is -0.540. The summed E-state index contributed by atoms with van der Waals surface area (Å²) in [6, 6.07) is 12.7. The van der Waals surface area contributed by atoms with Crippen molar-refractivity contribution in [2.24, 2.45) is 5.92 Å². The van der Waals surface area contributed by atoms with Gasteiger partial charge in [-0.05, 0) is 37.5 Å². The van der Waals surface area contributed by atoms with E-state index in [0.29, 0.717) is 17.7 Å². The lowest BCUT2D eigenvalue weighted by atomic mass is 10.1. The van der Waals surface area contributed by atoms with Crippen molar-refractivity contribution in [2.75, 3.05) is 13.7 Å². The van der Waals surface area contributed by atoms with Crippen molar-refractivity contribution in [1.29, 1.82) is 0 Å². The molecular formula is C24H32N2O4S. The normalized spacial score (nSPS) is 13.8. The Morgan fingerprint density at radius 1 is 1.06 bits per heavy atom. The monoisotopic (exact) mass is 444 g/mol. The highest BCUT2D eigenvalue weighted by atomic mass is 32.2. The smallest absolute Gasteiger partial charge is 0.241 e. The number of benzene rings is 2. The van der Waals surface area contributed by atoms with Crippen LogP contribution < -0.4 is 10.0 Å². The van der Waals surface area contributed by atoms with Crippen LogP contribution in [-0.4, -0.2) is 34.0 Å². The van der Waals surface area contributed by atoms with Crippen LogP contribution in [0.3, 0.4) is 0 Å². The molecule has 2 atom stereocenters. The highest BCUT2D eigenvalue weighted by Gasteiger charge is 2.23. The van der Waals surface area contributed by atoms with Crippen LogP contribution in [0.25, 0.3) is 0 Å². The van der Waals surface area contributed by atoms with Crippen LogP contribution >= 0.6 is 0 Å². The summed E-state index contributed by atoms with van der Waals surface area (Å²) in [6.45, 7) is 7.76. The van der Waals surface area contributed by atoms with Crippen LogP contribution in [0.15, 0.2) is 59.5 Å². The number of carbonyl (C=O) groups is 1. The van der Waals surface area contributed by atoms with Gasteiger partial charge in [-0.1, -0.05) is 67.1 Å². The van der Waals surface area contributed by atoms with E-state index >= 15 is 0 Å². The average Bonchev–Trinajstić information content (AvgIpc) is 2.70. The Bertz CT molecular complexity index is 994. The third kappa shape index (κ3) is 7.31. The summed E-state index contributed by atoms with van der Waals surface area (Å²) >= 11 is 0. The Hall–Kier alpha value is -2.48. The molecule has 0 heterocycles. The molecule has 2 rings (SSSR count). The fraction of sp³-hybridized carbons (Fsp3) is 0.375. The topological polar surface area (TPSA) is 84.5 Å². The first-order chi connectivity index (χ1) is 14.6. The van der Waals surface area contributed by atoms with Gasteiger partial charge in [0.05, 0.1) is 30.1 Å². The molecule has 31 heavy (non-hydrogen) atoms. The molecule has 6 nitrogen and oxygen atoms in total. The minimum Gasteiger partial charge on any atom is -0.375 e. The second kappa shape index (κ2) is 11.2. The molecule has 0 aliphatic carbocycles. The molecule has 1 amide bonds. The fourth-order valence-electron chi connectivity index (χ4n) is 3.47. The van der Waals surface area contributed by atoms with Gasteiger partial charge in [-0.3, -0.25) is 4.79 Å². The lowest BCUT2D eigenvalue weighted by molar-refractivity contribution is -0.122. The van der Waals surface area contributed by atoms with Crippen LogP contribution in [0.4, 0.5) is 0 Å². The van der Waals surface area contributed by atoms with Crippen LogP contribution in [0, 0.1) is 26.7 Å². The summed E-state index contributed by atoms with van der Waals surface area (Å²) < 4.78 is 34.9. The number of sulfonamides is 1. The van der Waals surface area contributed by atoms with Gasteiger partial charge >= 0.3 is 0 Å². The number of rotatable bonds is 10. The largest absolute Gasteiger partial charge is 0.375 e. The van der Waals surface area contributed by atoms with Crippen LogP contribution in [0.1, 0.15) is 29.2 Å². The Morgan fingerprint density at radius 3 is 2.26 bits per heavy atom. The molecule has 0 radical (unpaired) electrons. The number of nitrogens with one attached hydrogen (secondary N) is 2. The van der Waals surface area contributed by atoms with Gasteiger partial charge in [0.1, 0.15) is 0 Å². The molecule has 0 saturated carbocycles. The summed E-state index contributed by atoms with van der Waals surface area (Å²) in [5, 5.41) is 2.59. The maximum atomic E-state index is 13.2. The van der Waals surface area contributed by atoms with E-state index in [1.54, 1.807) is 40.0 Å². The molecule has 2 N–H and O–H groups in total. The van der Waals surface area contributed by atoms with Crippen LogP contribution in [-0.2, 0) is 26.2 Å². The molecule has 0 unspecified atom stereocenters. The van der Waals surface area contributed by atoms with Crippen LogP contribution in [0.2, 0.25) is 0 Å². The molecule has 0 saturated heterocycles. The zero-order valence-corrected chi connectivity index (χ0v) is 19.6. The van der Waals surface area contributed by atoms with Gasteiger partial charge in [-0.25, -0.2) is 13.1 Å². The second-order valence-electron chi connectivity index (χ2n) is 7.74. The van der Waals surface area contributed by atoms with Gasteiger partial charge in [-0.2, -0.15) is 0 Å². The molecule has 0 fully saturated rings. The minimum absolute atomic E-state index is 0.134. The highest BCUT2D eigenvalue weighted by Crippen LogP contribution is 2.22. The maximum Gasteiger partial charge on any atom is 0.241 e. The van der Waals surface area contributed by atoms with Crippen molar-refractivity contribution < 1.29 is 17.9 Å². The predicted octanol–water partition coefficient (Wildman–Crippen LogP) is 3.41. The molecule has 2 aromatic rings. The fourth-order valence-corrected chi connectivity index (χ4v) is 5.10. The number of amides is 1. The molecule has 0 aliphatic rings. The third-order valence-electron chi connectivity index (χ3n) is 4.88. The molecule has 0 aromatic heterocycles. The van der Waals surface area contributed by atoms with Crippen LogP contribution in [0.5, 0.6) is 0 Å². The second-order valence-corrected chi connectivity index (χ2v) is 9.39. The zero-order valence-electron chi connectivity index (χ0n) is 18.8. The summed E-state index contributed by atoms with van der Waals surface area (Å²) in [6.07, 6.45) is 3.37. The first-order valence-electron chi connectivity index (χ1n) is 10.3. The summed E-state index contributed by atoms with van der Waals surface area (Å²) in [7, 11) is -2.22. The van der Waals surface area contributed by atoms with E-state index < -0.39 is 22.0 Å². The van der Waals surface area contributed by atoms with E-state index in [0.717, 1.165) is 11.1 Å². The van der Waals surface area contributed by atoms with Crippen molar-refractivity contribution >= 4 is 15.9 Å². The van der Waals surface area contributed by atoms with Gasteiger partial charge in [0.15, 0.2) is 0 Å². The van der Waals surface area contributed by atoms with Crippen molar-refractivity contribution in [3.8, 4) is 0 Å². The summed E-state index contributed by atoms with van der Waals surface area (Å²) in [5.41, 5.74) is 3.39. The molecule has 2 aromatic carbocycles. The van der Waals surface area contributed by atoms with E-state index in [2.05, 4.69) is 10.0 Å². The molecule has 168 valence electrons. The zero-order chi connectivity index (χ0) is 23.0. The van der Waals surface area contributed by atoms with Gasteiger partial charge in [-0.15, -0.1) is 0 Å². The Morgan fingerprint density at radius 2 is 1.68 bits per heavy atom. The first-order valence-corrected chi connectivity index (χ1v) is 11.7. The molecule has 0 spiro atoms. The van der Waals surface area contributed by atoms with E-state index in [4.69, 9.17) is 4.74 Å². The SMILES string of the molecule is CNC(=O)[C@H](C)/C=C/[C@@H](COCc1ccccc1)NS(=O)(=O)c1c(C)cc(C)cc1C. The summed E-state index contributed by atoms with van der Waals surface area (Å²) in [4.78, 5) is 12.1. The van der Waals surface area contributed by atoms with E-state index in [1.807, 2.05) is 49.4 Å². The number of aryl methyl sites for hydroxylation is 3. The predicted molar refractivity (Wildman–Crippen MR) is 123 cm³/mol. The lowest BCUT2D eigenvalue weighted by Crippen LogP contribution is -2.37. The number of hydrogen-bond donors (Lipinski definition) is 2. The average molecular weight is 445 g/mol. The quantitative estimate of drug-likeness (QED) is 0.550.